The quantitative estimate of drug-likeness (QED) is 0.790. The van der Waals surface area contributed by atoms with Crippen molar-refractivity contribution in [2.24, 2.45) is 0 Å². The minimum absolute atomic E-state index is 0.173. The lowest BCUT2D eigenvalue weighted by Crippen LogP contribution is -2.34. The first-order chi connectivity index (χ1) is 9.71. The molecule has 0 bridgehead atoms. The Balaban J connectivity index is 2.28. The lowest BCUT2D eigenvalue weighted by Gasteiger charge is -2.42. The molecule has 0 aliphatic heterocycles. The fourth-order valence-electron chi connectivity index (χ4n) is 3.49. The molecule has 3 heteroatoms. The molecule has 3 rings (SSSR count). The van der Waals surface area contributed by atoms with Crippen LogP contribution in [0.5, 0.6) is 0 Å². The molecule has 110 valence electrons. The van der Waals surface area contributed by atoms with Crippen molar-refractivity contribution in [2.45, 2.75) is 51.4 Å². The van der Waals surface area contributed by atoms with Gasteiger partial charge in [0.1, 0.15) is 0 Å². The highest BCUT2D eigenvalue weighted by Crippen LogP contribution is 2.46. The van der Waals surface area contributed by atoms with Crippen molar-refractivity contribution in [1.82, 2.24) is 0 Å². The van der Waals surface area contributed by atoms with Gasteiger partial charge < -0.3 is 10.0 Å². The minimum Gasteiger partial charge on any atom is -0.423 e. The predicted octanol–water partition coefficient (Wildman–Crippen LogP) is 2.87. The van der Waals surface area contributed by atoms with Crippen LogP contribution in [-0.2, 0) is 10.8 Å². The number of fused-ring (bicyclic) bond motifs is 2. The van der Waals surface area contributed by atoms with Gasteiger partial charge >= 0.3 is 7.12 Å². The molecule has 0 saturated carbocycles. The van der Waals surface area contributed by atoms with E-state index in [9.17, 15) is 10.0 Å². The smallest absolute Gasteiger partial charge is 0.423 e. The van der Waals surface area contributed by atoms with E-state index in [1.807, 2.05) is 12.1 Å². The SMILES string of the molecule is CC1(C)CCC(C)(C)c2cc3cc(B(O)O)ccc3cc21. The summed E-state index contributed by atoms with van der Waals surface area (Å²) in [6.45, 7) is 9.24. The highest BCUT2D eigenvalue weighted by atomic mass is 16.4. The zero-order chi connectivity index (χ0) is 15.4. The first-order valence-electron chi connectivity index (χ1n) is 7.65. The molecule has 0 aromatic heterocycles. The van der Waals surface area contributed by atoms with Crippen LogP contribution < -0.4 is 5.46 Å². The van der Waals surface area contributed by atoms with Crippen molar-refractivity contribution < 1.29 is 10.0 Å². The maximum atomic E-state index is 9.36. The van der Waals surface area contributed by atoms with Crippen LogP contribution in [0.1, 0.15) is 51.7 Å². The van der Waals surface area contributed by atoms with Crippen LogP contribution in [0.15, 0.2) is 30.3 Å². The highest BCUT2D eigenvalue weighted by Gasteiger charge is 2.37. The van der Waals surface area contributed by atoms with Crippen LogP contribution >= 0.6 is 0 Å². The van der Waals surface area contributed by atoms with E-state index in [4.69, 9.17) is 0 Å². The average molecular weight is 282 g/mol. The Kier molecular flexibility index (Phi) is 3.19. The van der Waals surface area contributed by atoms with Crippen molar-refractivity contribution in [3.8, 4) is 0 Å². The molecule has 0 amide bonds. The molecule has 1 aliphatic rings. The summed E-state index contributed by atoms with van der Waals surface area (Å²) in [5, 5.41) is 21.0. The standard InChI is InChI=1S/C18H23BO2/c1-17(2)7-8-18(3,4)16-11-13-9-14(19(20)21)6-5-12(13)10-15(16)17/h5-6,9-11,20-21H,7-8H2,1-4H3. The van der Waals surface area contributed by atoms with E-state index in [0.29, 0.717) is 5.46 Å². The molecule has 2 aromatic carbocycles. The van der Waals surface area contributed by atoms with Crippen LogP contribution in [0.4, 0.5) is 0 Å². The zero-order valence-corrected chi connectivity index (χ0v) is 13.3. The van der Waals surface area contributed by atoms with Crippen molar-refractivity contribution in [2.75, 3.05) is 0 Å². The third-order valence-electron chi connectivity index (χ3n) is 5.13. The van der Waals surface area contributed by atoms with E-state index < -0.39 is 7.12 Å². The van der Waals surface area contributed by atoms with Gasteiger partial charge in [-0.3, -0.25) is 0 Å². The fourth-order valence-corrected chi connectivity index (χ4v) is 3.49. The average Bonchev–Trinajstić information content (AvgIpc) is 2.42. The Morgan fingerprint density at radius 1 is 0.810 bits per heavy atom. The molecular formula is C18H23BO2. The molecule has 21 heavy (non-hydrogen) atoms. The van der Waals surface area contributed by atoms with Gasteiger partial charge in [-0.15, -0.1) is 0 Å². The summed E-state index contributed by atoms with van der Waals surface area (Å²) in [6, 6.07) is 10.2. The Hall–Kier alpha value is -1.32. The first-order valence-corrected chi connectivity index (χ1v) is 7.65. The second-order valence-electron chi connectivity index (χ2n) is 7.65. The summed E-state index contributed by atoms with van der Waals surface area (Å²) in [7, 11) is -1.41. The van der Waals surface area contributed by atoms with E-state index in [0.717, 1.165) is 5.39 Å². The topological polar surface area (TPSA) is 40.5 Å². The van der Waals surface area contributed by atoms with E-state index in [-0.39, 0.29) is 10.8 Å². The van der Waals surface area contributed by atoms with Crippen molar-refractivity contribution in [3.05, 3.63) is 41.5 Å². The maximum Gasteiger partial charge on any atom is 0.488 e. The summed E-state index contributed by atoms with van der Waals surface area (Å²) in [6.07, 6.45) is 2.38. The minimum atomic E-state index is -1.41. The van der Waals surface area contributed by atoms with Crippen molar-refractivity contribution in [3.63, 3.8) is 0 Å². The summed E-state index contributed by atoms with van der Waals surface area (Å²) in [5.41, 5.74) is 3.76. The normalized spacial score (nSPS) is 19.3. The number of hydrogen-bond donors (Lipinski definition) is 2. The fraction of sp³-hybridized carbons (Fsp3) is 0.444. The van der Waals surface area contributed by atoms with E-state index in [1.54, 1.807) is 6.07 Å². The van der Waals surface area contributed by atoms with E-state index in [2.05, 4.69) is 39.8 Å². The van der Waals surface area contributed by atoms with Crippen LogP contribution in [-0.4, -0.2) is 17.2 Å². The molecule has 0 heterocycles. The lowest BCUT2D eigenvalue weighted by atomic mass is 9.62. The molecule has 0 unspecified atom stereocenters. The van der Waals surface area contributed by atoms with Crippen molar-refractivity contribution >= 4 is 23.4 Å². The van der Waals surface area contributed by atoms with Gasteiger partial charge in [0.15, 0.2) is 0 Å². The second kappa shape index (κ2) is 4.59. The largest absolute Gasteiger partial charge is 0.488 e. The van der Waals surface area contributed by atoms with Gasteiger partial charge in [-0.1, -0.05) is 58.0 Å². The summed E-state index contributed by atoms with van der Waals surface area (Å²) < 4.78 is 0. The third kappa shape index (κ3) is 2.39. The first kappa shape index (κ1) is 14.6. The highest BCUT2D eigenvalue weighted by molar-refractivity contribution is 6.58. The summed E-state index contributed by atoms with van der Waals surface area (Å²) in [5.74, 6) is 0. The van der Waals surface area contributed by atoms with E-state index >= 15 is 0 Å². The molecule has 1 aliphatic carbocycles. The third-order valence-corrected chi connectivity index (χ3v) is 5.13. The van der Waals surface area contributed by atoms with Gasteiger partial charge in [-0.2, -0.15) is 0 Å². The molecule has 0 fully saturated rings. The number of rotatable bonds is 1. The van der Waals surface area contributed by atoms with E-state index in [1.165, 1.54) is 29.4 Å². The van der Waals surface area contributed by atoms with Crippen LogP contribution in [0.25, 0.3) is 10.8 Å². The molecular weight excluding hydrogens is 259 g/mol. The Morgan fingerprint density at radius 3 is 1.86 bits per heavy atom. The molecule has 0 saturated heterocycles. The van der Waals surface area contributed by atoms with Gasteiger partial charge in [0.2, 0.25) is 0 Å². The van der Waals surface area contributed by atoms with Gasteiger partial charge in [0, 0.05) is 0 Å². The van der Waals surface area contributed by atoms with Crippen molar-refractivity contribution in [1.29, 1.82) is 0 Å². The monoisotopic (exact) mass is 282 g/mol. The van der Waals surface area contributed by atoms with Gasteiger partial charge in [0.25, 0.3) is 0 Å². The molecule has 2 aromatic rings. The Labute approximate surface area is 127 Å². The molecule has 2 N–H and O–H groups in total. The van der Waals surface area contributed by atoms with Crippen LogP contribution in [0, 0.1) is 0 Å². The number of benzene rings is 2. The second-order valence-corrected chi connectivity index (χ2v) is 7.65. The molecule has 0 atom stereocenters. The molecule has 0 spiro atoms. The molecule has 2 nitrogen and oxygen atoms in total. The predicted molar refractivity (Wildman–Crippen MR) is 89.1 cm³/mol. The lowest BCUT2D eigenvalue weighted by molar-refractivity contribution is 0.332. The zero-order valence-electron chi connectivity index (χ0n) is 13.3. The Morgan fingerprint density at radius 2 is 1.33 bits per heavy atom. The number of hydrogen-bond acceptors (Lipinski definition) is 2. The Bertz CT molecular complexity index is 702. The van der Waals surface area contributed by atoms with Gasteiger partial charge in [-0.05, 0) is 51.0 Å². The maximum absolute atomic E-state index is 9.36. The van der Waals surface area contributed by atoms with Crippen LogP contribution in [0.3, 0.4) is 0 Å². The van der Waals surface area contributed by atoms with Gasteiger partial charge in [0.05, 0.1) is 0 Å². The molecule has 0 radical (unpaired) electrons. The van der Waals surface area contributed by atoms with Crippen LogP contribution in [0.2, 0.25) is 0 Å². The van der Waals surface area contributed by atoms with Gasteiger partial charge in [-0.25, -0.2) is 0 Å². The summed E-state index contributed by atoms with van der Waals surface area (Å²) in [4.78, 5) is 0. The summed E-state index contributed by atoms with van der Waals surface area (Å²) >= 11 is 0.